The Hall–Kier alpha value is -3.28. The molecule has 2 heterocycles. The molecule has 2 atom stereocenters. The molecule has 6 heteroatoms. The van der Waals surface area contributed by atoms with Crippen molar-refractivity contribution < 1.29 is 9.59 Å². The fourth-order valence-electron chi connectivity index (χ4n) is 5.72. The van der Waals surface area contributed by atoms with Crippen molar-refractivity contribution in [3.05, 3.63) is 70.5 Å². The Kier molecular flexibility index (Phi) is 7.02. The van der Waals surface area contributed by atoms with Gasteiger partial charge in [-0.25, -0.2) is 0 Å². The lowest BCUT2D eigenvalue weighted by atomic mass is 9.87. The van der Waals surface area contributed by atoms with Crippen LogP contribution in [0.5, 0.6) is 0 Å². The minimum Gasteiger partial charge on any atom is -0.341 e. The highest BCUT2D eigenvalue weighted by molar-refractivity contribution is 5.86. The number of benzene rings is 2. The maximum atomic E-state index is 13.7. The minimum absolute atomic E-state index is 0.00488. The topological polar surface area (TPSA) is 68.1 Å². The van der Waals surface area contributed by atoms with Crippen LogP contribution in [0.1, 0.15) is 73.7 Å². The monoisotopic (exact) mass is 498 g/mol. The van der Waals surface area contributed by atoms with Crippen LogP contribution in [-0.2, 0) is 22.4 Å². The van der Waals surface area contributed by atoms with E-state index in [2.05, 4.69) is 79.8 Å². The molecule has 1 amide bonds. The van der Waals surface area contributed by atoms with Crippen LogP contribution in [0.2, 0.25) is 0 Å². The molecule has 1 aromatic heterocycles. The van der Waals surface area contributed by atoms with Crippen LogP contribution in [0.3, 0.4) is 0 Å². The van der Waals surface area contributed by atoms with Crippen LogP contribution in [0.4, 0.5) is 0 Å². The molecule has 1 saturated carbocycles. The number of Topliss-reactive ketones (excluding diaryl/α,β-unsaturated/α-hetero) is 1. The number of carbonyl (C=O) groups is 2. The normalized spacial score (nSPS) is 19.6. The van der Waals surface area contributed by atoms with Gasteiger partial charge in [0.25, 0.3) is 0 Å². The first-order valence-electron chi connectivity index (χ1n) is 13.6. The lowest BCUT2D eigenvalue weighted by Gasteiger charge is -2.19. The average Bonchev–Trinajstić information content (AvgIpc) is 3.42. The number of nitrogens with zero attached hydrogens (tertiary/aromatic N) is 4. The number of carbonyl (C=O) groups excluding carboxylic acids is 2. The lowest BCUT2D eigenvalue weighted by molar-refractivity contribution is -0.128. The van der Waals surface area contributed by atoms with Gasteiger partial charge in [0.15, 0.2) is 5.82 Å². The van der Waals surface area contributed by atoms with Gasteiger partial charge in [-0.15, -0.1) is 10.2 Å². The first-order chi connectivity index (χ1) is 17.7. The van der Waals surface area contributed by atoms with E-state index in [1.165, 1.54) is 11.1 Å². The molecule has 194 valence electrons. The summed E-state index contributed by atoms with van der Waals surface area (Å²) in [5.74, 6) is 2.08. The second kappa shape index (κ2) is 10.2. The highest BCUT2D eigenvalue weighted by Gasteiger charge is 2.44. The van der Waals surface area contributed by atoms with E-state index in [0.717, 1.165) is 47.6 Å². The third-order valence-electron chi connectivity index (χ3n) is 7.86. The van der Waals surface area contributed by atoms with Crippen molar-refractivity contribution in [2.75, 3.05) is 13.1 Å². The predicted octanol–water partition coefficient (Wildman–Crippen LogP) is 5.47. The van der Waals surface area contributed by atoms with E-state index in [0.29, 0.717) is 31.5 Å². The number of ketones is 1. The summed E-state index contributed by atoms with van der Waals surface area (Å²) in [7, 11) is 0. The van der Waals surface area contributed by atoms with Crippen molar-refractivity contribution in [2.24, 2.45) is 11.8 Å². The van der Waals surface area contributed by atoms with E-state index < -0.39 is 0 Å². The molecule has 0 unspecified atom stereocenters. The molecule has 5 rings (SSSR count). The number of aryl methyl sites for hydroxylation is 2. The standard InChI is InChI=1S/C31H38N4O2/c1-19(2)14-23-7-10-24(11-8-23)30-32-33-31(35(30)26-12-13-26)28-18-34(22(5)36)17-27(28)29(37)16-25-9-6-20(3)15-21(25)4/h6-11,15,19,26-28H,12-14,16-18H2,1-5H3/t27-,28-/m1/s1. The summed E-state index contributed by atoms with van der Waals surface area (Å²) in [6.07, 6.45) is 3.61. The molecule has 2 aromatic carbocycles. The maximum Gasteiger partial charge on any atom is 0.219 e. The fourth-order valence-corrected chi connectivity index (χ4v) is 5.72. The Morgan fingerprint density at radius 1 is 1.00 bits per heavy atom. The highest BCUT2D eigenvalue weighted by atomic mass is 16.2. The van der Waals surface area contributed by atoms with Crippen LogP contribution in [0, 0.1) is 25.7 Å². The van der Waals surface area contributed by atoms with Crippen LogP contribution < -0.4 is 0 Å². The van der Waals surface area contributed by atoms with Crippen LogP contribution in [-0.4, -0.2) is 44.4 Å². The number of likely N-dealkylation sites (tertiary alicyclic amines) is 1. The molecule has 1 saturated heterocycles. The van der Waals surface area contributed by atoms with E-state index in [4.69, 9.17) is 5.10 Å². The van der Waals surface area contributed by atoms with E-state index in [9.17, 15) is 9.59 Å². The first-order valence-corrected chi connectivity index (χ1v) is 13.6. The number of amides is 1. The van der Waals surface area contributed by atoms with E-state index in [-0.39, 0.29) is 23.5 Å². The SMILES string of the molecule is CC(=O)N1C[C@@H](C(=O)Cc2ccc(C)cc2C)[C@H](c2nnc(-c3ccc(CC(C)C)cc3)n2C2CC2)C1. The maximum absolute atomic E-state index is 13.7. The molecule has 2 aliphatic rings. The van der Waals surface area contributed by atoms with Gasteiger partial charge in [-0.2, -0.15) is 0 Å². The summed E-state index contributed by atoms with van der Waals surface area (Å²) in [4.78, 5) is 27.9. The van der Waals surface area contributed by atoms with E-state index in [1.54, 1.807) is 6.92 Å². The number of hydrogen-bond donors (Lipinski definition) is 0. The van der Waals surface area contributed by atoms with Gasteiger partial charge in [0.05, 0.1) is 0 Å². The van der Waals surface area contributed by atoms with Gasteiger partial charge in [-0.3, -0.25) is 9.59 Å². The van der Waals surface area contributed by atoms with E-state index in [1.807, 2.05) is 4.90 Å². The Morgan fingerprint density at radius 3 is 2.35 bits per heavy atom. The van der Waals surface area contributed by atoms with Gasteiger partial charge < -0.3 is 9.47 Å². The molecule has 0 radical (unpaired) electrons. The predicted molar refractivity (Wildman–Crippen MR) is 145 cm³/mol. The molecular formula is C31H38N4O2. The smallest absolute Gasteiger partial charge is 0.219 e. The van der Waals surface area contributed by atoms with Gasteiger partial charge in [0.2, 0.25) is 5.91 Å². The molecule has 2 fully saturated rings. The number of rotatable bonds is 8. The molecule has 0 spiro atoms. The molecule has 1 aliphatic heterocycles. The Labute approximate surface area is 220 Å². The van der Waals surface area contributed by atoms with E-state index >= 15 is 0 Å². The van der Waals surface area contributed by atoms with Crippen molar-refractivity contribution in [1.29, 1.82) is 0 Å². The highest BCUT2D eigenvalue weighted by Crippen LogP contribution is 2.43. The summed E-state index contributed by atoms with van der Waals surface area (Å²) in [5, 5.41) is 9.34. The van der Waals surface area contributed by atoms with Gasteiger partial charge >= 0.3 is 0 Å². The first kappa shape index (κ1) is 25.4. The van der Waals surface area contributed by atoms with Crippen LogP contribution >= 0.6 is 0 Å². The molecule has 1 aliphatic carbocycles. The van der Waals surface area contributed by atoms with Crippen molar-refractivity contribution in [2.45, 2.75) is 72.3 Å². The summed E-state index contributed by atoms with van der Waals surface area (Å²) in [6, 6.07) is 15.3. The van der Waals surface area contributed by atoms with Crippen molar-refractivity contribution in [3.63, 3.8) is 0 Å². The zero-order valence-electron chi connectivity index (χ0n) is 22.7. The van der Waals surface area contributed by atoms with Crippen LogP contribution in [0.25, 0.3) is 11.4 Å². The van der Waals surface area contributed by atoms with Crippen LogP contribution in [0.15, 0.2) is 42.5 Å². The van der Waals surface area contributed by atoms with Crippen molar-refractivity contribution >= 4 is 11.7 Å². The summed E-state index contributed by atoms with van der Waals surface area (Å²) in [5.41, 5.74) is 5.76. The van der Waals surface area contributed by atoms with Gasteiger partial charge in [-0.1, -0.05) is 61.9 Å². The van der Waals surface area contributed by atoms with Crippen molar-refractivity contribution in [1.82, 2.24) is 19.7 Å². The Morgan fingerprint density at radius 2 is 1.73 bits per heavy atom. The molecule has 37 heavy (non-hydrogen) atoms. The third kappa shape index (κ3) is 5.39. The number of hydrogen-bond acceptors (Lipinski definition) is 4. The van der Waals surface area contributed by atoms with Gasteiger partial charge in [-0.05, 0) is 55.7 Å². The van der Waals surface area contributed by atoms with Crippen molar-refractivity contribution in [3.8, 4) is 11.4 Å². The molecular weight excluding hydrogens is 460 g/mol. The quantitative estimate of drug-likeness (QED) is 0.413. The molecule has 0 N–H and O–H groups in total. The fraction of sp³-hybridized carbons (Fsp3) is 0.484. The third-order valence-corrected chi connectivity index (χ3v) is 7.86. The largest absolute Gasteiger partial charge is 0.341 e. The summed E-state index contributed by atoms with van der Waals surface area (Å²) in [6.45, 7) is 11.1. The minimum atomic E-state index is -0.285. The zero-order valence-corrected chi connectivity index (χ0v) is 22.7. The summed E-state index contributed by atoms with van der Waals surface area (Å²) < 4.78 is 2.27. The summed E-state index contributed by atoms with van der Waals surface area (Å²) >= 11 is 0. The Balaban J connectivity index is 1.47. The second-order valence-corrected chi connectivity index (χ2v) is 11.5. The number of aromatic nitrogens is 3. The van der Waals surface area contributed by atoms with Gasteiger partial charge in [0, 0.05) is 49.9 Å². The average molecular weight is 499 g/mol. The molecule has 6 nitrogen and oxygen atoms in total. The molecule has 3 aromatic rings. The Bertz CT molecular complexity index is 1300. The molecule has 0 bridgehead atoms. The zero-order chi connectivity index (χ0) is 26.3. The second-order valence-electron chi connectivity index (χ2n) is 11.5. The van der Waals surface area contributed by atoms with Gasteiger partial charge in [0.1, 0.15) is 11.6 Å². The lowest BCUT2D eigenvalue weighted by Crippen LogP contribution is -2.28.